The molecule has 88 valence electrons. The van der Waals surface area contributed by atoms with Crippen LogP contribution in [-0.4, -0.2) is 28.6 Å². The average molecular weight is 239 g/mol. The van der Waals surface area contributed by atoms with Gasteiger partial charge in [-0.2, -0.15) is 0 Å². The van der Waals surface area contributed by atoms with Gasteiger partial charge in [0.1, 0.15) is 0 Å². The highest BCUT2D eigenvalue weighted by atomic mass is 32.1. The predicted octanol–water partition coefficient (Wildman–Crippen LogP) is 1.69. The molecule has 1 atom stereocenters. The van der Waals surface area contributed by atoms with Gasteiger partial charge in [0, 0.05) is 36.8 Å². The molecular formula is C11H17N3OS. The number of fused-ring (bicyclic) bond motifs is 1. The Morgan fingerprint density at radius 2 is 2.50 bits per heavy atom. The summed E-state index contributed by atoms with van der Waals surface area (Å²) in [5.74, 6) is 0. The number of hydrogen-bond acceptors (Lipinski definition) is 4. The second-order valence-electron chi connectivity index (χ2n) is 3.86. The molecule has 1 unspecified atom stereocenters. The van der Waals surface area contributed by atoms with Crippen molar-refractivity contribution in [3.63, 3.8) is 0 Å². The highest BCUT2D eigenvalue weighted by Gasteiger charge is 2.08. The summed E-state index contributed by atoms with van der Waals surface area (Å²) < 4.78 is 7.44. The first-order chi connectivity index (χ1) is 7.79. The van der Waals surface area contributed by atoms with Crippen molar-refractivity contribution >= 4 is 16.3 Å². The lowest BCUT2D eigenvalue weighted by molar-refractivity contribution is 0.121. The third-order valence-corrected chi connectivity index (χ3v) is 3.07. The lowest BCUT2D eigenvalue weighted by Crippen LogP contribution is -2.28. The third kappa shape index (κ3) is 2.81. The molecule has 4 nitrogen and oxygen atoms in total. The highest BCUT2D eigenvalue weighted by Crippen LogP contribution is 2.12. The monoisotopic (exact) mass is 239 g/mol. The number of nitrogens with two attached hydrogens (primary N) is 1. The molecule has 0 aliphatic heterocycles. The first-order valence-electron chi connectivity index (χ1n) is 5.54. The lowest BCUT2D eigenvalue weighted by atomic mass is 10.2. The van der Waals surface area contributed by atoms with Gasteiger partial charge in [-0.25, -0.2) is 4.98 Å². The normalized spacial score (nSPS) is 13.4. The molecule has 0 amide bonds. The number of aromatic nitrogens is 2. The fourth-order valence-corrected chi connectivity index (χ4v) is 2.30. The quantitative estimate of drug-likeness (QED) is 0.780. The second-order valence-corrected chi connectivity index (χ2v) is 4.74. The van der Waals surface area contributed by atoms with Gasteiger partial charge in [-0.1, -0.05) is 6.92 Å². The largest absolute Gasteiger partial charge is 0.380 e. The van der Waals surface area contributed by atoms with E-state index in [1.54, 1.807) is 11.3 Å². The van der Waals surface area contributed by atoms with Gasteiger partial charge in [0.05, 0.1) is 12.3 Å². The summed E-state index contributed by atoms with van der Waals surface area (Å²) >= 11 is 1.64. The smallest absolute Gasteiger partial charge is 0.193 e. The lowest BCUT2D eigenvalue weighted by Gasteiger charge is -2.09. The van der Waals surface area contributed by atoms with E-state index in [1.807, 2.05) is 22.2 Å². The van der Waals surface area contributed by atoms with Crippen LogP contribution in [0.15, 0.2) is 17.8 Å². The van der Waals surface area contributed by atoms with Crippen LogP contribution in [0.4, 0.5) is 0 Å². The van der Waals surface area contributed by atoms with Gasteiger partial charge >= 0.3 is 0 Å². The summed E-state index contributed by atoms with van der Waals surface area (Å²) in [5, 5.41) is 2.02. The summed E-state index contributed by atoms with van der Waals surface area (Å²) in [6.07, 6.45) is 5.85. The molecule has 0 saturated heterocycles. The molecule has 2 aromatic rings. The first kappa shape index (κ1) is 11.6. The van der Waals surface area contributed by atoms with E-state index in [4.69, 9.17) is 10.5 Å². The molecule has 0 aliphatic rings. The summed E-state index contributed by atoms with van der Waals surface area (Å²) in [6, 6.07) is 0.0381. The highest BCUT2D eigenvalue weighted by molar-refractivity contribution is 7.15. The van der Waals surface area contributed by atoms with Gasteiger partial charge in [-0.15, -0.1) is 11.3 Å². The Morgan fingerprint density at radius 1 is 1.62 bits per heavy atom. The van der Waals surface area contributed by atoms with Crippen LogP contribution in [0.2, 0.25) is 0 Å². The maximum atomic E-state index is 5.97. The van der Waals surface area contributed by atoms with Gasteiger partial charge in [0.25, 0.3) is 0 Å². The summed E-state index contributed by atoms with van der Waals surface area (Å²) in [4.78, 5) is 5.51. The van der Waals surface area contributed by atoms with E-state index in [9.17, 15) is 0 Å². The molecule has 2 rings (SSSR count). The van der Waals surface area contributed by atoms with Gasteiger partial charge in [0.2, 0.25) is 0 Å². The van der Waals surface area contributed by atoms with E-state index in [1.165, 1.54) is 0 Å². The molecule has 0 spiro atoms. The van der Waals surface area contributed by atoms with Crippen LogP contribution in [0.5, 0.6) is 0 Å². The molecule has 0 aromatic carbocycles. The number of hydrogen-bond donors (Lipinski definition) is 1. The summed E-state index contributed by atoms with van der Waals surface area (Å²) in [5.41, 5.74) is 7.01. The SMILES string of the molecule is CCCOCC(N)Cc1cn2ccsc2n1. The molecule has 0 bridgehead atoms. The third-order valence-electron chi connectivity index (χ3n) is 2.29. The Labute approximate surface area is 99.1 Å². The number of ether oxygens (including phenoxy) is 1. The van der Waals surface area contributed by atoms with Crippen LogP contribution in [0, 0.1) is 0 Å². The van der Waals surface area contributed by atoms with Gasteiger partial charge in [0.15, 0.2) is 4.96 Å². The minimum atomic E-state index is 0.0381. The maximum absolute atomic E-state index is 5.97. The summed E-state index contributed by atoms with van der Waals surface area (Å²) in [6.45, 7) is 3.49. The van der Waals surface area contributed by atoms with E-state index >= 15 is 0 Å². The van der Waals surface area contributed by atoms with Gasteiger partial charge in [-0.05, 0) is 6.42 Å². The van der Waals surface area contributed by atoms with Crippen molar-refractivity contribution < 1.29 is 4.74 Å². The fourth-order valence-electron chi connectivity index (χ4n) is 1.58. The van der Waals surface area contributed by atoms with Crippen molar-refractivity contribution in [3.8, 4) is 0 Å². The molecule has 2 heterocycles. The molecule has 0 aliphatic carbocycles. The van der Waals surface area contributed by atoms with Crippen molar-refractivity contribution in [1.82, 2.24) is 9.38 Å². The van der Waals surface area contributed by atoms with Crippen molar-refractivity contribution in [3.05, 3.63) is 23.5 Å². The predicted molar refractivity (Wildman–Crippen MR) is 65.9 cm³/mol. The van der Waals surface area contributed by atoms with E-state index in [-0.39, 0.29) is 6.04 Å². The van der Waals surface area contributed by atoms with Crippen LogP contribution < -0.4 is 5.73 Å². The zero-order chi connectivity index (χ0) is 11.4. The van der Waals surface area contributed by atoms with E-state index in [2.05, 4.69) is 11.9 Å². The second kappa shape index (κ2) is 5.43. The molecule has 5 heteroatoms. The molecule has 2 aromatic heterocycles. The van der Waals surface area contributed by atoms with Crippen LogP contribution in [-0.2, 0) is 11.2 Å². The Morgan fingerprint density at radius 3 is 3.25 bits per heavy atom. The summed E-state index contributed by atoms with van der Waals surface area (Å²) in [7, 11) is 0. The Kier molecular flexibility index (Phi) is 3.93. The Bertz CT molecular complexity index is 409. The Balaban J connectivity index is 1.86. The van der Waals surface area contributed by atoms with E-state index < -0.39 is 0 Å². The first-order valence-corrected chi connectivity index (χ1v) is 6.42. The Hall–Kier alpha value is -0.910. The molecule has 0 radical (unpaired) electrons. The van der Waals surface area contributed by atoms with Gasteiger partial charge < -0.3 is 10.5 Å². The molecule has 2 N–H and O–H groups in total. The minimum Gasteiger partial charge on any atom is -0.380 e. The topological polar surface area (TPSA) is 52.5 Å². The number of thiazole rings is 1. The number of imidazole rings is 1. The van der Waals surface area contributed by atoms with Crippen LogP contribution in [0.1, 0.15) is 19.0 Å². The zero-order valence-electron chi connectivity index (χ0n) is 9.43. The van der Waals surface area contributed by atoms with Crippen LogP contribution in [0.3, 0.4) is 0 Å². The van der Waals surface area contributed by atoms with Crippen molar-refractivity contribution in [2.75, 3.05) is 13.2 Å². The maximum Gasteiger partial charge on any atom is 0.193 e. The van der Waals surface area contributed by atoms with Crippen molar-refractivity contribution in [2.24, 2.45) is 5.73 Å². The van der Waals surface area contributed by atoms with Crippen molar-refractivity contribution in [1.29, 1.82) is 0 Å². The van der Waals surface area contributed by atoms with Gasteiger partial charge in [-0.3, -0.25) is 4.40 Å². The zero-order valence-corrected chi connectivity index (χ0v) is 10.2. The number of rotatable bonds is 6. The number of nitrogens with zero attached hydrogens (tertiary/aromatic N) is 2. The molecular weight excluding hydrogens is 222 g/mol. The van der Waals surface area contributed by atoms with E-state index in [0.717, 1.165) is 30.1 Å². The van der Waals surface area contributed by atoms with Crippen LogP contribution in [0.25, 0.3) is 4.96 Å². The molecule has 16 heavy (non-hydrogen) atoms. The fraction of sp³-hybridized carbons (Fsp3) is 0.545. The molecule has 0 fully saturated rings. The average Bonchev–Trinajstić information content (AvgIpc) is 2.78. The van der Waals surface area contributed by atoms with Crippen molar-refractivity contribution in [2.45, 2.75) is 25.8 Å². The van der Waals surface area contributed by atoms with E-state index in [0.29, 0.717) is 6.61 Å². The minimum absolute atomic E-state index is 0.0381. The standard InChI is InChI=1S/C11H17N3OS/c1-2-4-15-8-9(12)6-10-7-14-3-5-16-11(14)13-10/h3,5,7,9H,2,4,6,8,12H2,1H3. The molecule has 0 saturated carbocycles. The van der Waals surface area contributed by atoms with Crippen LogP contribution >= 0.6 is 11.3 Å².